The summed E-state index contributed by atoms with van der Waals surface area (Å²) in [5, 5.41) is 0. The van der Waals surface area contributed by atoms with Gasteiger partial charge in [-0.15, -0.1) is 0 Å². The number of Topliss-reactive ketones (excluding diaryl/α,β-unsaturated/α-hetero) is 1. The summed E-state index contributed by atoms with van der Waals surface area (Å²) in [6.45, 7) is 18.1. The van der Waals surface area contributed by atoms with Crippen molar-refractivity contribution in [2.24, 2.45) is 29.1 Å². The highest BCUT2D eigenvalue weighted by atomic mass is 28.4. The minimum absolute atomic E-state index is 0.0774. The van der Waals surface area contributed by atoms with E-state index in [1.165, 1.54) is 0 Å². The fraction of sp³-hybridized carbons (Fsp3) is 0.867. The van der Waals surface area contributed by atoms with E-state index in [9.17, 15) is 9.59 Å². The van der Waals surface area contributed by atoms with Crippen molar-refractivity contribution >= 4 is 28.4 Å². The van der Waals surface area contributed by atoms with Crippen LogP contribution in [-0.2, 0) is 27.9 Å². The Bertz CT molecular complexity index is 1040. The van der Waals surface area contributed by atoms with E-state index in [0.717, 1.165) is 49.1 Å². The first-order chi connectivity index (χ1) is 18.0. The molecule has 6 unspecified atom stereocenters. The third-order valence-corrected chi connectivity index (χ3v) is 19.6. The van der Waals surface area contributed by atoms with Crippen molar-refractivity contribution in [3.63, 3.8) is 0 Å². The van der Waals surface area contributed by atoms with Crippen LogP contribution in [0.4, 0.5) is 0 Å². The molecule has 39 heavy (non-hydrogen) atoms. The quantitative estimate of drug-likeness (QED) is 0.266. The summed E-state index contributed by atoms with van der Waals surface area (Å²) < 4.78 is 26.5. The monoisotopic (exact) mass is 577 g/mol. The van der Waals surface area contributed by atoms with Gasteiger partial charge in [-0.1, -0.05) is 6.92 Å². The van der Waals surface area contributed by atoms with Crippen molar-refractivity contribution in [3.8, 4) is 0 Å². The zero-order chi connectivity index (χ0) is 28.7. The summed E-state index contributed by atoms with van der Waals surface area (Å²) in [5.41, 5.74) is 2.46. The van der Waals surface area contributed by atoms with Gasteiger partial charge in [0.05, 0.1) is 30.1 Å². The molecule has 0 aromatic rings. The van der Waals surface area contributed by atoms with Crippen LogP contribution in [0.3, 0.4) is 0 Å². The maximum atomic E-state index is 14.9. The third-order valence-electron chi connectivity index (χ3n) is 11.0. The molecule has 0 radical (unpaired) electrons. The number of ketones is 1. The second-order valence-electron chi connectivity index (χ2n) is 15.0. The molecule has 9 heteroatoms. The molecule has 2 heterocycles. The molecule has 10 atom stereocenters. The van der Waals surface area contributed by atoms with Gasteiger partial charge in [0.15, 0.2) is 22.4 Å². The van der Waals surface area contributed by atoms with Crippen LogP contribution in [-0.4, -0.2) is 84.4 Å². The SMILES string of the molecule is CC1=C2CC(CC1OC(=O)[C@H](C)[C@H](C)N(C)C)CC1C3CO[C@H]3CC3O[Si](C)(C)C[Si](C)(C)OC2C(=O)[C@]31C. The van der Waals surface area contributed by atoms with Crippen molar-refractivity contribution in [1.82, 2.24) is 4.90 Å². The molecule has 2 aliphatic heterocycles. The van der Waals surface area contributed by atoms with Crippen LogP contribution in [0, 0.1) is 29.1 Å². The molecule has 220 valence electrons. The molecule has 0 aromatic carbocycles. The summed E-state index contributed by atoms with van der Waals surface area (Å²) in [7, 11) is -0.357. The van der Waals surface area contributed by atoms with E-state index in [-0.39, 0.29) is 47.9 Å². The fourth-order valence-electron chi connectivity index (χ4n) is 8.53. The highest BCUT2D eigenvalue weighted by Gasteiger charge is 2.64. The van der Waals surface area contributed by atoms with Crippen molar-refractivity contribution < 1.29 is 27.9 Å². The lowest BCUT2D eigenvalue weighted by atomic mass is 9.52. The summed E-state index contributed by atoms with van der Waals surface area (Å²) in [4.78, 5) is 30.3. The van der Waals surface area contributed by atoms with Gasteiger partial charge < -0.3 is 23.2 Å². The van der Waals surface area contributed by atoms with Crippen molar-refractivity contribution in [2.45, 2.75) is 116 Å². The number of hydrogen-bond acceptors (Lipinski definition) is 7. The molecule has 3 aliphatic carbocycles. The first-order valence-corrected chi connectivity index (χ1v) is 21.3. The first kappa shape index (κ1) is 29.6. The van der Waals surface area contributed by atoms with E-state index in [4.69, 9.17) is 18.3 Å². The second kappa shape index (κ2) is 10.2. The van der Waals surface area contributed by atoms with Crippen LogP contribution in [0.2, 0.25) is 31.9 Å². The molecule has 4 fully saturated rings. The predicted octanol–water partition coefficient (Wildman–Crippen LogP) is 4.96. The second-order valence-corrected chi connectivity index (χ2v) is 23.9. The van der Waals surface area contributed by atoms with Crippen LogP contribution in [0.5, 0.6) is 0 Å². The Morgan fingerprint density at radius 1 is 1.08 bits per heavy atom. The molecule has 7 nitrogen and oxygen atoms in total. The number of carbonyl (C=O) groups excluding carboxylic acids is 2. The van der Waals surface area contributed by atoms with Gasteiger partial charge in [0, 0.05) is 12.0 Å². The Morgan fingerprint density at radius 2 is 1.74 bits per heavy atom. The number of rotatable bonds is 4. The van der Waals surface area contributed by atoms with Gasteiger partial charge in [-0.05, 0) is 115 Å². The fourth-order valence-corrected chi connectivity index (χ4v) is 19.4. The standard InChI is InChI=1S/C30H51NO6Si2/c1-17(19(3)31(5)6)29(33)35-24-13-20-11-21(18(24)2)27-28(32)30(4)23(12-20)22-15-34-25(22)14-26(30)36-38(7,8)16-39(9,10)37-27/h17,19-20,22-27H,11-16H2,1-10H3/t17-,19+,20?,22?,23?,24?,25+,26?,27?,30+/m1/s1. The third kappa shape index (κ3) is 5.18. The number of carbonyl (C=O) groups is 2. The average Bonchev–Trinajstić information content (AvgIpc) is 2.83. The molecule has 2 saturated carbocycles. The summed E-state index contributed by atoms with van der Waals surface area (Å²) in [6.07, 6.45) is 2.57. The van der Waals surface area contributed by atoms with E-state index < -0.39 is 28.2 Å². The molecule has 0 N–H and O–H groups in total. The highest BCUT2D eigenvalue weighted by molar-refractivity contribution is 6.89. The van der Waals surface area contributed by atoms with Crippen LogP contribution >= 0.6 is 0 Å². The van der Waals surface area contributed by atoms with E-state index in [1.54, 1.807) is 0 Å². The summed E-state index contributed by atoms with van der Waals surface area (Å²) >= 11 is 0. The number of hydrogen-bond donors (Lipinski definition) is 0. The Kier molecular flexibility index (Phi) is 7.72. The smallest absolute Gasteiger partial charge is 0.310 e. The molecule has 0 spiro atoms. The zero-order valence-corrected chi connectivity index (χ0v) is 27.8. The predicted molar refractivity (Wildman–Crippen MR) is 156 cm³/mol. The summed E-state index contributed by atoms with van der Waals surface area (Å²) in [6, 6.07) is 0.0774. The van der Waals surface area contributed by atoms with Gasteiger partial charge in [0.2, 0.25) is 0 Å². The lowest BCUT2D eigenvalue weighted by Gasteiger charge is -2.59. The summed E-state index contributed by atoms with van der Waals surface area (Å²) in [5.74, 6) is 0.705. The van der Waals surface area contributed by atoms with Crippen LogP contribution in [0.1, 0.15) is 53.4 Å². The molecular formula is C30H51NO6Si2. The Labute approximate surface area is 237 Å². The van der Waals surface area contributed by atoms with Crippen LogP contribution in [0.25, 0.3) is 0 Å². The van der Waals surface area contributed by atoms with Gasteiger partial charge in [-0.2, -0.15) is 0 Å². The molecule has 0 amide bonds. The average molecular weight is 578 g/mol. The maximum Gasteiger partial charge on any atom is 0.310 e. The highest BCUT2D eigenvalue weighted by Crippen LogP contribution is 2.58. The number of esters is 1. The Balaban J connectivity index is 1.57. The topological polar surface area (TPSA) is 74.3 Å². The van der Waals surface area contributed by atoms with Gasteiger partial charge in [-0.3, -0.25) is 9.59 Å². The molecule has 2 saturated heterocycles. The first-order valence-electron chi connectivity index (χ1n) is 15.1. The van der Waals surface area contributed by atoms with E-state index >= 15 is 0 Å². The largest absolute Gasteiger partial charge is 0.458 e. The number of fused-ring (bicyclic) bond motifs is 6. The minimum atomic E-state index is -2.24. The number of nitrogens with zero attached hydrogens (tertiary/aromatic N) is 1. The van der Waals surface area contributed by atoms with Crippen molar-refractivity contribution in [3.05, 3.63) is 11.1 Å². The number of ether oxygens (including phenoxy) is 2. The van der Waals surface area contributed by atoms with Crippen molar-refractivity contribution in [2.75, 3.05) is 20.7 Å². The van der Waals surface area contributed by atoms with E-state index in [1.807, 2.05) is 21.0 Å². The zero-order valence-electron chi connectivity index (χ0n) is 25.8. The molecular weight excluding hydrogens is 527 g/mol. The minimum Gasteiger partial charge on any atom is -0.458 e. The maximum absolute atomic E-state index is 14.9. The normalized spacial score (nSPS) is 42.5. The molecule has 5 rings (SSSR count). The van der Waals surface area contributed by atoms with E-state index in [0.29, 0.717) is 11.8 Å². The van der Waals surface area contributed by atoms with Crippen LogP contribution < -0.4 is 0 Å². The van der Waals surface area contributed by atoms with Gasteiger partial charge in [0.1, 0.15) is 12.2 Å². The molecule has 4 bridgehead atoms. The molecule has 0 aromatic heterocycles. The van der Waals surface area contributed by atoms with Gasteiger partial charge >= 0.3 is 5.97 Å². The van der Waals surface area contributed by atoms with Crippen LogP contribution in [0.15, 0.2) is 11.1 Å². The van der Waals surface area contributed by atoms with Gasteiger partial charge in [-0.25, -0.2) is 0 Å². The lowest BCUT2D eigenvalue weighted by Crippen LogP contribution is -2.66. The van der Waals surface area contributed by atoms with E-state index in [2.05, 4.69) is 51.9 Å². The Morgan fingerprint density at radius 3 is 2.36 bits per heavy atom. The lowest BCUT2D eigenvalue weighted by molar-refractivity contribution is -0.225. The van der Waals surface area contributed by atoms with Gasteiger partial charge in [0.25, 0.3) is 0 Å². The molecule has 5 aliphatic rings. The Hall–Kier alpha value is -0.846. The van der Waals surface area contributed by atoms with Crippen molar-refractivity contribution in [1.29, 1.82) is 0 Å².